The molecule has 1 aromatic carbocycles. The van der Waals surface area contributed by atoms with Crippen molar-refractivity contribution in [3.8, 4) is 0 Å². The molecule has 0 bridgehead atoms. The summed E-state index contributed by atoms with van der Waals surface area (Å²) in [6.07, 6.45) is 0. The Morgan fingerprint density at radius 2 is 1.96 bits per heavy atom. The van der Waals surface area contributed by atoms with Gasteiger partial charge in [-0.15, -0.1) is 11.8 Å². The van der Waals surface area contributed by atoms with Crippen LogP contribution in [0, 0.1) is 0 Å². The molecule has 2 saturated heterocycles. The second kappa shape index (κ2) is 8.64. The van der Waals surface area contributed by atoms with E-state index in [1.807, 2.05) is 24.3 Å². The van der Waals surface area contributed by atoms with Gasteiger partial charge in [-0.3, -0.25) is 14.4 Å². The number of benzene rings is 1. The first-order valence-corrected chi connectivity index (χ1v) is 9.97. The molecule has 0 spiro atoms. The summed E-state index contributed by atoms with van der Waals surface area (Å²) in [7, 11) is 0. The Kier molecular flexibility index (Phi) is 6.26. The largest absolute Gasteiger partial charge is 0.368 e. The van der Waals surface area contributed by atoms with Crippen LogP contribution in [0.25, 0.3) is 0 Å². The molecule has 3 amide bonds. The summed E-state index contributed by atoms with van der Waals surface area (Å²) in [5.74, 6) is 0.515. The third-order valence-electron chi connectivity index (χ3n) is 4.40. The lowest BCUT2D eigenvalue weighted by Gasteiger charge is -2.36. The van der Waals surface area contributed by atoms with Crippen LogP contribution < -0.4 is 10.2 Å². The van der Waals surface area contributed by atoms with Crippen LogP contribution in [-0.4, -0.2) is 78.4 Å². The average molecular weight is 397 g/mol. The standard InChI is InChI=1S/C17H21ClN4O3S/c18-13-2-1-3-14(8-13)20-4-6-21(7-5-20)16(24)9-19-15(23)10-22-12-26-11-17(22)25/h1-3,8H,4-7,9-12H2,(H,19,23). The van der Waals surface area contributed by atoms with Gasteiger partial charge >= 0.3 is 0 Å². The number of carbonyl (C=O) groups is 3. The third kappa shape index (κ3) is 4.82. The van der Waals surface area contributed by atoms with Gasteiger partial charge in [-0.2, -0.15) is 0 Å². The van der Waals surface area contributed by atoms with Gasteiger partial charge in [0.15, 0.2) is 0 Å². The molecule has 0 aromatic heterocycles. The van der Waals surface area contributed by atoms with Gasteiger partial charge < -0.3 is 20.0 Å². The van der Waals surface area contributed by atoms with Crippen molar-refractivity contribution in [1.82, 2.24) is 15.1 Å². The Hall–Kier alpha value is -1.93. The zero-order valence-electron chi connectivity index (χ0n) is 14.3. The molecule has 2 aliphatic heterocycles. The molecule has 9 heteroatoms. The van der Waals surface area contributed by atoms with Crippen LogP contribution in [0.4, 0.5) is 5.69 Å². The van der Waals surface area contributed by atoms with Crippen molar-refractivity contribution in [2.75, 3.05) is 55.8 Å². The maximum Gasteiger partial charge on any atom is 0.242 e. The Bertz CT molecular complexity index is 694. The van der Waals surface area contributed by atoms with Crippen LogP contribution in [0.2, 0.25) is 5.02 Å². The van der Waals surface area contributed by atoms with E-state index in [9.17, 15) is 14.4 Å². The Balaban J connectivity index is 1.41. The number of piperazine rings is 1. The first-order valence-electron chi connectivity index (χ1n) is 8.43. The first-order chi connectivity index (χ1) is 12.5. The monoisotopic (exact) mass is 396 g/mol. The van der Waals surface area contributed by atoms with Crippen molar-refractivity contribution in [1.29, 1.82) is 0 Å². The highest BCUT2D eigenvalue weighted by atomic mass is 35.5. The molecule has 1 N–H and O–H groups in total. The number of halogens is 1. The molecule has 140 valence electrons. The molecular weight excluding hydrogens is 376 g/mol. The number of anilines is 1. The normalized spacial score (nSPS) is 17.6. The van der Waals surface area contributed by atoms with Crippen LogP contribution in [-0.2, 0) is 14.4 Å². The van der Waals surface area contributed by atoms with Crippen molar-refractivity contribution < 1.29 is 14.4 Å². The van der Waals surface area contributed by atoms with Gasteiger partial charge in [-0.05, 0) is 18.2 Å². The Morgan fingerprint density at radius 1 is 1.19 bits per heavy atom. The molecule has 3 rings (SSSR count). The predicted molar refractivity (Wildman–Crippen MR) is 102 cm³/mol. The summed E-state index contributed by atoms with van der Waals surface area (Å²) in [6.45, 7) is 2.62. The number of carbonyl (C=O) groups excluding carboxylic acids is 3. The van der Waals surface area contributed by atoms with Gasteiger partial charge in [0.25, 0.3) is 0 Å². The number of hydrogen-bond donors (Lipinski definition) is 1. The maximum atomic E-state index is 12.3. The first kappa shape index (κ1) is 18.8. The Morgan fingerprint density at radius 3 is 2.62 bits per heavy atom. The van der Waals surface area contributed by atoms with E-state index in [0.29, 0.717) is 29.7 Å². The van der Waals surface area contributed by atoms with Gasteiger partial charge in [-0.25, -0.2) is 0 Å². The van der Waals surface area contributed by atoms with Crippen molar-refractivity contribution in [3.05, 3.63) is 29.3 Å². The van der Waals surface area contributed by atoms with E-state index in [1.165, 1.54) is 16.7 Å². The van der Waals surface area contributed by atoms with Crippen molar-refractivity contribution in [2.24, 2.45) is 0 Å². The zero-order chi connectivity index (χ0) is 18.5. The fourth-order valence-corrected chi connectivity index (χ4v) is 4.03. The van der Waals surface area contributed by atoms with E-state index in [-0.39, 0.29) is 30.8 Å². The summed E-state index contributed by atoms with van der Waals surface area (Å²) in [5, 5.41) is 3.31. The molecule has 0 unspecified atom stereocenters. The SMILES string of the molecule is O=C(CN1CSCC1=O)NCC(=O)N1CCN(c2cccc(Cl)c2)CC1. The molecule has 2 heterocycles. The maximum absolute atomic E-state index is 12.3. The molecule has 0 saturated carbocycles. The molecule has 2 fully saturated rings. The topological polar surface area (TPSA) is 73.0 Å². The highest BCUT2D eigenvalue weighted by Crippen LogP contribution is 2.20. The van der Waals surface area contributed by atoms with E-state index in [0.717, 1.165) is 18.8 Å². The van der Waals surface area contributed by atoms with E-state index >= 15 is 0 Å². The number of hydrogen-bond acceptors (Lipinski definition) is 5. The quantitative estimate of drug-likeness (QED) is 0.790. The Labute approximate surface area is 161 Å². The molecule has 0 aliphatic carbocycles. The number of nitrogens with one attached hydrogen (secondary N) is 1. The molecule has 26 heavy (non-hydrogen) atoms. The van der Waals surface area contributed by atoms with E-state index < -0.39 is 0 Å². The highest BCUT2D eigenvalue weighted by molar-refractivity contribution is 8.00. The van der Waals surface area contributed by atoms with Gasteiger partial charge in [-0.1, -0.05) is 17.7 Å². The van der Waals surface area contributed by atoms with Crippen molar-refractivity contribution in [3.63, 3.8) is 0 Å². The minimum absolute atomic E-state index is 0.0155. The van der Waals surface area contributed by atoms with Crippen LogP contribution in [0.3, 0.4) is 0 Å². The highest BCUT2D eigenvalue weighted by Gasteiger charge is 2.24. The fourth-order valence-electron chi connectivity index (χ4n) is 2.94. The molecule has 0 atom stereocenters. The van der Waals surface area contributed by atoms with Crippen molar-refractivity contribution >= 4 is 46.8 Å². The number of amides is 3. The van der Waals surface area contributed by atoms with Crippen LogP contribution in [0.5, 0.6) is 0 Å². The molecular formula is C17H21ClN4O3S. The van der Waals surface area contributed by atoms with Crippen LogP contribution in [0.1, 0.15) is 0 Å². The smallest absolute Gasteiger partial charge is 0.242 e. The molecule has 0 radical (unpaired) electrons. The fraction of sp³-hybridized carbons (Fsp3) is 0.471. The average Bonchev–Trinajstić information content (AvgIpc) is 3.04. The zero-order valence-corrected chi connectivity index (χ0v) is 15.9. The summed E-state index contributed by atoms with van der Waals surface area (Å²) in [5.41, 5.74) is 1.05. The predicted octanol–water partition coefficient (Wildman–Crippen LogP) is 0.638. The summed E-state index contributed by atoms with van der Waals surface area (Å²) in [4.78, 5) is 41.1. The second-order valence-corrected chi connectivity index (χ2v) is 7.59. The summed E-state index contributed by atoms with van der Waals surface area (Å²) in [6, 6.07) is 7.66. The van der Waals surface area contributed by atoms with E-state index in [4.69, 9.17) is 11.6 Å². The second-order valence-electron chi connectivity index (χ2n) is 6.19. The lowest BCUT2D eigenvalue weighted by atomic mass is 10.2. The lowest BCUT2D eigenvalue weighted by molar-refractivity contribution is -0.135. The van der Waals surface area contributed by atoms with Gasteiger partial charge in [0.2, 0.25) is 17.7 Å². The van der Waals surface area contributed by atoms with Gasteiger partial charge in [0.05, 0.1) is 18.2 Å². The third-order valence-corrected chi connectivity index (χ3v) is 5.58. The molecule has 7 nitrogen and oxygen atoms in total. The number of rotatable bonds is 5. The number of nitrogens with zero attached hydrogens (tertiary/aromatic N) is 3. The minimum Gasteiger partial charge on any atom is -0.368 e. The summed E-state index contributed by atoms with van der Waals surface area (Å²) >= 11 is 7.51. The number of thioether (sulfide) groups is 1. The summed E-state index contributed by atoms with van der Waals surface area (Å²) < 4.78 is 0. The van der Waals surface area contributed by atoms with Gasteiger partial charge in [0, 0.05) is 36.9 Å². The van der Waals surface area contributed by atoms with Crippen LogP contribution in [0.15, 0.2) is 24.3 Å². The minimum atomic E-state index is -0.299. The van der Waals surface area contributed by atoms with Gasteiger partial charge in [0.1, 0.15) is 6.54 Å². The van der Waals surface area contributed by atoms with E-state index in [2.05, 4.69) is 10.2 Å². The van der Waals surface area contributed by atoms with Crippen molar-refractivity contribution in [2.45, 2.75) is 0 Å². The van der Waals surface area contributed by atoms with Crippen LogP contribution >= 0.6 is 23.4 Å². The lowest BCUT2D eigenvalue weighted by Crippen LogP contribution is -2.51. The van der Waals surface area contributed by atoms with E-state index in [1.54, 1.807) is 4.90 Å². The molecule has 1 aromatic rings. The molecule has 2 aliphatic rings.